The molecule has 2 atom stereocenters. The first kappa shape index (κ1) is 23.6. The van der Waals surface area contributed by atoms with Crippen LogP contribution in [0, 0.1) is 17.7 Å². The zero-order chi connectivity index (χ0) is 23.4. The van der Waals surface area contributed by atoms with E-state index in [1.165, 1.54) is 11.8 Å². The Balaban J connectivity index is 1.41. The van der Waals surface area contributed by atoms with Gasteiger partial charge in [-0.25, -0.2) is 4.39 Å². The van der Waals surface area contributed by atoms with E-state index in [2.05, 4.69) is 35.8 Å². The van der Waals surface area contributed by atoms with Crippen molar-refractivity contribution in [3.8, 4) is 5.75 Å². The number of hydrogen-bond donors (Lipinski definition) is 0. The molecule has 33 heavy (non-hydrogen) atoms. The molecule has 0 saturated carbocycles. The van der Waals surface area contributed by atoms with Crippen molar-refractivity contribution in [2.75, 3.05) is 57.8 Å². The number of hydrogen-bond acceptors (Lipinski definition) is 4. The summed E-state index contributed by atoms with van der Waals surface area (Å²) in [5.41, 5.74) is 2.20. The van der Waals surface area contributed by atoms with Gasteiger partial charge in [-0.3, -0.25) is 9.69 Å². The number of methoxy groups -OCH3 is 1. The summed E-state index contributed by atoms with van der Waals surface area (Å²) in [6.07, 6.45) is 0.571. The van der Waals surface area contributed by atoms with E-state index >= 15 is 0 Å². The highest BCUT2D eigenvalue weighted by atomic mass is 19.1. The molecule has 4 rings (SSSR count). The smallest absolute Gasteiger partial charge is 0.222 e. The molecule has 2 aliphatic heterocycles. The first-order valence-electron chi connectivity index (χ1n) is 12.1. The van der Waals surface area contributed by atoms with Gasteiger partial charge in [-0.15, -0.1) is 0 Å². The largest absolute Gasteiger partial charge is 0.497 e. The van der Waals surface area contributed by atoms with E-state index in [1.54, 1.807) is 19.2 Å². The molecule has 2 aromatic rings. The van der Waals surface area contributed by atoms with Crippen molar-refractivity contribution in [3.05, 3.63) is 59.9 Å². The third-order valence-electron chi connectivity index (χ3n) is 6.94. The zero-order valence-electron chi connectivity index (χ0n) is 20.0. The van der Waals surface area contributed by atoms with Gasteiger partial charge in [0.2, 0.25) is 5.91 Å². The van der Waals surface area contributed by atoms with Gasteiger partial charge in [0.1, 0.15) is 11.6 Å². The van der Waals surface area contributed by atoms with Crippen LogP contribution in [0.2, 0.25) is 0 Å². The van der Waals surface area contributed by atoms with Crippen molar-refractivity contribution < 1.29 is 13.9 Å². The fourth-order valence-corrected chi connectivity index (χ4v) is 5.18. The van der Waals surface area contributed by atoms with E-state index in [0.717, 1.165) is 50.6 Å². The average Bonchev–Trinajstić information content (AvgIpc) is 3.23. The molecule has 0 N–H and O–H groups in total. The van der Waals surface area contributed by atoms with Gasteiger partial charge in [-0.05, 0) is 41.7 Å². The van der Waals surface area contributed by atoms with Crippen LogP contribution >= 0.6 is 0 Å². The van der Waals surface area contributed by atoms with Crippen molar-refractivity contribution in [2.24, 2.45) is 11.8 Å². The molecule has 2 heterocycles. The average molecular weight is 454 g/mol. The summed E-state index contributed by atoms with van der Waals surface area (Å²) >= 11 is 0. The summed E-state index contributed by atoms with van der Waals surface area (Å²) in [4.78, 5) is 19.7. The van der Waals surface area contributed by atoms with Crippen LogP contribution in [0.15, 0.2) is 48.5 Å². The van der Waals surface area contributed by atoms with Crippen LogP contribution < -0.4 is 9.64 Å². The van der Waals surface area contributed by atoms with Gasteiger partial charge in [-0.1, -0.05) is 32.0 Å². The van der Waals surface area contributed by atoms with Crippen molar-refractivity contribution >= 4 is 11.6 Å². The second-order valence-corrected chi connectivity index (χ2v) is 9.81. The molecular formula is C27H36FN3O2. The lowest BCUT2D eigenvalue weighted by molar-refractivity contribution is -0.131. The van der Waals surface area contributed by atoms with E-state index in [9.17, 15) is 9.18 Å². The molecule has 6 heteroatoms. The lowest BCUT2D eigenvalue weighted by Gasteiger charge is -2.38. The Morgan fingerprint density at radius 1 is 1.06 bits per heavy atom. The fraction of sp³-hybridized carbons (Fsp3) is 0.519. The predicted octanol–water partition coefficient (Wildman–Crippen LogP) is 4.24. The van der Waals surface area contributed by atoms with Crippen molar-refractivity contribution in [3.63, 3.8) is 0 Å². The number of carbonyl (C=O) groups excluding carboxylic acids is 1. The normalized spacial score (nSPS) is 21.6. The Kier molecular flexibility index (Phi) is 7.53. The summed E-state index contributed by atoms with van der Waals surface area (Å²) in [6, 6.07) is 15.2. The number of rotatable bonds is 7. The van der Waals surface area contributed by atoms with Crippen LogP contribution in [0.3, 0.4) is 0 Å². The second-order valence-electron chi connectivity index (χ2n) is 9.81. The van der Waals surface area contributed by atoms with Crippen LogP contribution in [0.1, 0.15) is 31.7 Å². The Morgan fingerprint density at radius 3 is 2.52 bits per heavy atom. The Hall–Kier alpha value is -2.60. The number of piperazine rings is 1. The predicted molar refractivity (Wildman–Crippen MR) is 130 cm³/mol. The third kappa shape index (κ3) is 5.85. The maximum atomic E-state index is 14.0. The Bertz CT molecular complexity index is 942. The molecule has 2 aromatic carbocycles. The molecule has 1 amide bonds. The standard InChI is InChI=1S/C27H36FN3O2/c1-20(2)14-27(32)31-18-22(26(19-31)21-6-4-7-23(28)15-21)17-29-10-12-30(13-11-29)24-8-5-9-25(16-24)33-3/h4-9,15-16,20,22,26H,10-14,17-19H2,1-3H3/t22-,26+/m0/s1. The van der Waals surface area contributed by atoms with Gasteiger partial charge in [0.25, 0.3) is 0 Å². The van der Waals surface area contributed by atoms with Gasteiger partial charge in [-0.2, -0.15) is 0 Å². The summed E-state index contributed by atoms with van der Waals surface area (Å²) in [5.74, 6) is 1.72. The summed E-state index contributed by atoms with van der Waals surface area (Å²) in [5, 5.41) is 0. The van der Waals surface area contributed by atoms with Crippen LogP contribution in [0.4, 0.5) is 10.1 Å². The molecule has 0 radical (unpaired) electrons. The molecule has 2 saturated heterocycles. The molecule has 0 aliphatic carbocycles. The molecule has 0 spiro atoms. The Morgan fingerprint density at radius 2 is 1.82 bits per heavy atom. The Labute approximate surface area is 197 Å². The summed E-state index contributed by atoms with van der Waals surface area (Å²) < 4.78 is 19.4. The highest BCUT2D eigenvalue weighted by molar-refractivity contribution is 5.76. The number of ether oxygens (including phenoxy) is 1. The minimum atomic E-state index is -0.204. The van der Waals surface area contributed by atoms with Crippen molar-refractivity contribution in [1.82, 2.24) is 9.80 Å². The van der Waals surface area contributed by atoms with E-state index in [4.69, 9.17) is 4.74 Å². The molecule has 0 bridgehead atoms. The van der Waals surface area contributed by atoms with E-state index in [-0.39, 0.29) is 17.6 Å². The minimum absolute atomic E-state index is 0.174. The molecular weight excluding hydrogens is 417 g/mol. The highest BCUT2D eigenvalue weighted by Crippen LogP contribution is 2.34. The zero-order valence-corrected chi connectivity index (χ0v) is 20.0. The van der Waals surface area contributed by atoms with E-state index in [1.807, 2.05) is 23.1 Å². The number of nitrogens with zero attached hydrogens (tertiary/aromatic N) is 3. The molecule has 178 valence electrons. The lowest BCUT2D eigenvalue weighted by Crippen LogP contribution is -2.48. The van der Waals surface area contributed by atoms with Gasteiger partial charge in [0, 0.05) is 69.9 Å². The first-order chi connectivity index (χ1) is 15.9. The molecule has 2 fully saturated rings. The van der Waals surface area contributed by atoms with Crippen LogP contribution in [-0.2, 0) is 4.79 Å². The summed E-state index contributed by atoms with van der Waals surface area (Å²) in [7, 11) is 1.70. The van der Waals surface area contributed by atoms with Crippen molar-refractivity contribution in [1.29, 1.82) is 0 Å². The number of benzene rings is 2. The topological polar surface area (TPSA) is 36.0 Å². The number of amides is 1. The van der Waals surface area contributed by atoms with Gasteiger partial charge in [0.15, 0.2) is 0 Å². The number of carbonyl (C=O) groups is 1. The van der Waals surface area contributed by atoms with Gasteiger partial charge in [0.05, 0.1) is 7.11 Å². The van der Waals surface area contributed by atoms with E-state index in [0.29, 0.717) is 24.8 Å². The van der Waals surface area contributed by atoms with Crippen LogP contribution in [0.25, 0.3) is 0 Å². The highest BCUT2D eigenvalue weighted by Gasteiger charge is 2.37. The van der Waals surface area contributed by atoms with Gasteiger partial charge >= 0.3 is 0 Å². The SMILES string of the molecule is COc1cccc(N2CCN(C[C@H]3CN(C(=O)CC(C)C)C[C@@H]3c3cccc(F)c3)CC2)c1. The molecule has 5 nitrogen and oxygen atoms in total. The number of likely N-dealkylation sites (tertiary alicyclic amines) is 1. The van der Waals surface area contributed by atoms with Crippen LogP contribution in [0.5, 0.6) is 5.75 Å². The first-order valence-corrected chi connectivity index (χ1v) is 12.1. The lowest BCUT2D eigenvalue weighted by atomic mass is 9.88. The summed E-state index contributed by atoms with van der Waals surface area (Å²) in [6.45, 7) is 10.4. The van der Waals surface area contributed by atoms with E-state index < -0.39 is 0 Å². The maximum absolute atomic E-state index is 14.0. The van der Waals surface area contributed by atoms with Crippen molar-refractivity contribution in [2.45, 2.75) is 26.2 Å². The third-order valence-corrected chi connectivity index (χ3v) is 6.94. The second kappa shape index (κ2) is 10.6. The number of anilines is 1. The fourth-order valence-electron chi connectivity index (χ4n) is 5.18. The molecule has 2 aliphatic rings. The monoisotopic (exact) mass is 453 g/mol. The number of halogens is 1. The molecule has 0 unspecified atom stereocenters. The molecule has 0 aromatic heterocycles. The quantitative estimate of drug-likeness (QED) is 0.628. The van der Waals surface area contributed by atoms with Crippen LogP contribution in [-0.4, -0.2) is 68.6 Å². The van der Waals surface area contributed by atoms with Gasteiger partial charge < -0.3 is 14.5 Å². The maximum Gasteiger partial charge on any atom is 0.222 e. The minimum Gasteiger partial charge on any atom is -0.497 e.